The van der Waals surface area contributed by atoms with Crippen molar-refractivity contribution in [3.05, 3.63) is 33.3 Å². The third-order valence-electron chi connectivity index (χ3n) is 3.89. The zero-order valence-corrected chi connectivity index (χ0v) is 12.9. The van der Waals surface area contributed by atoms with Crippen molar-refractivity contribution < 1.29 is 4.79 Å². The Morgan fingerprint density at radius 1 is 1.50 bits per heavy atom. The van der Waals surface area contributed by atoms with Crippen molar-refractivity contribution in [3.63, 3.8) is 0 Å². The number of carbonyl (C=O) groups excluding carboxylic acids is 1. The van der Waals surface area contributed by atoms with Crippen LogP contribution < -0.4 is 5.32 Å². The van der Waals surface area contributed by atoms with Crippen LogP contribution in [0.3, 0.4) is 0 Å². The molecule has 0 aliphatic heterocycles. The van der Waals surface area contributed by atoms with Crippen molar-refractivity contribution in [1.82, 2.24) is 5.32 Å². The van der Waals surface area contributed by atoms with Gasteiger partial charge in [0.1, 0.15) is 0 Å². The summed E-state index contributed by atoms with van der Waals surface area (Å²) < 4.78 is 0.863. The minimum atomic E-state index is -0.0896. The van der Waals surface area contributed by atoms with Crippen LogP contribution in [0.25, 0.3) is 0 Å². The molecule has 1 N–H and O–H groups in total. The average Bonchev–Trinajstić information content (AvgIpc) is 3.10. The van der Waals surface area contributed by atoms with Crippen LogP contribution in [0.15, 0.2) is 22.7 Å². The number of halogens is 2. The van der Waals surface area contributed by atoms with Crippen LogP contribution in [0, 0.1) is 11.3 Å². The third-order valence-corrected chi connectivity index (χ3v) is 4.71. The molecule has 1 amide bonds. The van der Waals surface area contributed by atoms with E-state index in [9.17, 15) is 4.79 Å². The molecule has 1 aliphatic rings. The lowest BCUT2D eigenvalue weighted by Gasteiger charge is -2.20. The number of benzene rings is 1. The highest BCUT2D eigenvalue weighted by atomic mass is 79.9. The number of hydrogen-bond acceptors (Lipinski definition) is 1. The van der Waals surface area contributed by atoms with Crippen molar-refractivity contribution in [1.29, 1.82) is 0 Å². The van der Waals surface area contributed by atoms with E-state index in [4.69, 9.17) is 11.6 Å². The quantitative estimate of drug-likeness (QED) is 0.877. The van der Waals surface area contributed by atoms with E-state index in [1.165, 1.54) is 12.8 Å². The van der Waals surface area contributed by atoms with Crippen molar-refractivity contribution >= 4 is 33.4 Å². The van der Waals surface area contributed by atoms with Crippen LogP contribution >= 0.6 is 27.5 Å². The molecule has 2 rings (SSSR count). The topological polar surface area (TPSA) is 29.1 Å². The van der Waals surface area contributed by atoms with Crippen LogP contribution in [0.5, 0.6) is 0 Å². The van der Waals surface area contributed by atoms with Gasteiger partial charge in [-0.1, -0.05) is 41.4 Å². The summed E-state index contributed by atoms with van der Waals surface area (Å²) in [6, 6.07) is 5.32. The number of amides is 1. The molecule has 1 aliphatic carbocycles. The SMILES string of the molecule is CC(C)C1(CNC(=O)c2cc(Br)ccc2Cl)CC1. The molecule has 1 aromatic carbocycles. The smallest absolute Gasteiger partial charge is 0.252 e. The molecule has 0 radical (unpaired) electrons. The molecule has 0 saturated heterocycles. The lowest BCUT2D eigenvalue weighted by Crippen LogP contribution is -2.32. The molecule has 0 spiro atoms. The molecule has 2 nitrogen and oxygen atoms in total. The fourth-order valence-corrected chi connectivity index (χ4v) is 2.71. The zero-order chi connectivity index (χ0) is 13.3. The molecule has 1 aromatic rings. The highest BCUT2D eigenvalue weighted by molar-refractivity contribution is 9.10. The summed E-state index contributed by atoms with van der Waals surface area (Å²) in [6.07, 6.45) is 2.41. The van der Waals surface area contributed by atoms with Gasteiger partial charge in [-0.25, -0.2) is 0 Å². The van der Waals surface area contributed by atoms with Gasteiger partial charge in [-0.15, -0.1) is 0 Å². The summed E-state index contributed by atoms with van der Waals surface area (Å²) in [5, 5.41) is 3.50. The normalized spacial score (nSPS) is 16.7. The first-order valence-electron chi connectivity index (χ1n) is 6.18. The summed E-state index contributed by atoms with van der Waals surface area (Å²) in [6.45, 7) is 5.17. The Bertz CT molecular complexity index is 469. The maximum atomic E-state index is 12.1. The molecule has 0 heterocycles. The molecule has 0 aromatic heterocycles. The molecule has 0 bridgehead atoms. The van der Waals surface area contributed by atoms with Crippen LogP contribution in [-0.2, 0) is 0 Å². The van der Waals surface area contributed by atoms with E-state index in [0.29, 0.717) is 21.9 Å². The summed E-state index contributed by atoms with van der Waals surface area (Å²) in [5.74, 6) is 0.518. The monoisotopic (exact) mass is 329 g/mol. The van der Waals surface area contributed by atoms with E-state index < -0.39 is 0 Å². The maximum absolute atomic E-state index is 12.1. The first-order valence-corrected chi connectivity index (χ1v) is 7.35. The van der Waals surface area contributed by atoms with Gasteiger partial charge in [-0.3, -0.25) is 4.79 Å². The fourth-order valence-electron chi connectivity index (χ4n) is 2.14. The largest absolute Gasteiger partial charge is 0.351 e. The van der Waals surface area contributed by atoms with Gasteiger partial charge in [0.15, 0.2) is 0 Å². The van der Waals surface area contributed by atoms with E-state index in [2.05, 4.69) is 35.1 Å². The van der Waals surface area contributed by atoms with Crippen molar-refractivity contribution in [2.24, 2.45) is 11.3 Å². The maximum Gasteiger partial charge on any atom is 0.252 e. The van der Waals surface area contributed by atoms with Gasteiger partial charge >= 0.3 is 0 Å². The predicted octanol–water partition coefficient (Wildman–Crippen LogP) is 4.27. The minimum Gasteiger partial charge on any atom is -0.351 e. The second-order valence-electron chi connectivity index (χ2n) is 5.32. The predicted molar refractivity (Wildman–Crippen MR) is 78.0 cm³/mol. The Morgan fingerprint density at radius 3 is 2.72 bits per heavy atom. The molecule has 1 fully saturated rings. The lowest BCUT2D eigenvalue weighted by molar-refractivity contribution is 0.0940. The van der Waals surface area contributed by atoms with Gasteiger partial charge < -0.3 is 5.32 Å². The standard InChI is InChI=1S/C14H17BrClNO/c1-9(2)14(5-6-14)8-17-13(18)11-7-10(15)3-4-12(11)16/h3-4,7,9H,5-6,8H2,1-2H3,(H,17,18). The van der Waals surface area contributed by atoms with Gasteiger partial charge in [0, 0.05) is 11.0 Å². The van der Waals surface area contributed by atoms with Gasteiger partial charge in [-0.2, -0.15) is 0 Å². The fraction of sp³-hybridized carbons (Fsp3) is 0.500. The van der Waals surface area contributed by atoms with Crippen molar-refractivity contribution in [2.75, 3.05) is 6.54 Å². The van der Waals surface area contributed by atoms with Gasteiger partial charge in [0.2, 0.25) is 0 Å². The average molecular weight is 331 g/mol. The number of rotatable bonds is 4. The first-order chi connectivity index (χ1) is 8.44. The second kappa shape index (κ2) is 5.22. The van der Waals surface area contributed by atoms with Crippen LogP contribution in [0.2, 0.25) is 5.02 Å². The second-order valence-corrected chi connectivity index (χ2v) is 6.65. The van der Waals surface area contributed by atoms with Crippen LogP contribution in [0.4, 0.5) is 0 Å². The molecular weight excluding hydrogens is 314 g/mol. The van der Waals surface area contributed by atoms with Crippen LogP contribution in [0.1, 0.15) is 37.0 Å². The molecule has 98 valence electrons. The van der Waals surface area contributed by atoms with Gasteiger partial charge in [0.25, 0.3) is 5.91 Å². The summed E-state index contributed by atoms with van der Waals surface area (Å²) in [7, 11) is 0. The molecule has 4 heteroatoms. The third kappa shape index (κ3) is 2.89. The number of carbonyl (C=O) groups is 1. The Kier molecular flexibility index (Phi) is 4.02. The minimum absolute atomic E-state index is 0.0896. The molecule has 1 saturated carbocycles. The molecule has 18 heavy (non-hydrogen) atoms. The Morgan fingerprint density at radius 2 is 2.17 bits per heavy atom. The molecule has 0 atom stereocenters. The summed E-state index contributed by atoms with van der Waals surface area (Å²) in [5.41, 5.74) is 0.847. The van der Waals surface area contributed by atoms with E-state index >= 15 is 0 Å². The number of nitrogens with one attached hydrogen (secondary N) is 1. The van der Waals surface area contributed by atoms with Gasteiger partial charge in [-0.05, 0) is 42.4 Å². The summed E-state index contributed by atoms with van der Waals surface area (Å²) in [4.78, 5) is 12.1. The lowest BCUT2D eigenvalue weighted by atomic mass is 9.92. The Balaban J connectivity index is 2.02. The summed E-state index contributed by atoms with van der Waals surface area (Å²) >= 11 is 9.39. The van der Waals surface area contributed by atoms with E-state index in [-0.39, 0.29) is 5.91 Å². The Labute approximate surface area is 121 Å². The molecule has 0 unspecified atom stereocenters. The van der Waals surface area contributed by atoms with E-state index in [0.717, 1.165) is 11.0 Å². The number of hydrogen-bond donors (Lipinski definition) is 1. The van der Waals surface area contributed by atoms with Crippen LogP contribution in [-0.4, -0.2) is 12.5 Å². The highest BCUT2D eigenvalue weighted by Gasteiger charge is 2.45. The van der Waals surface area contributed by atoms with E-state index in [1.54, 1.807) is 12.1 Å². The van der Waals surface area contributed by atoms with Crippen molar-refractivity contribution in [2.45, 2.75) is 26.7 Å². The molecular formula is C14H17BrClNO. The highest BCUT2D eigenvalue weighted by Crippen LogP contribution is 2.51. The first kappa shape index (κ1) is 13.9. The zero-order valence-electron chi connectivity index (χ0n) is 10.6. The van der Waals surface area contributed by atoms with Gasteiger partial charge in [0.05, 0.1) is 10.6 Å². The van der Waals surface area contributed by atoms with E-state index in [1.807, 2.05) is 6.07 Å². The van der Waals surface area contributed by atoms with Crippen molar-refractivity contribution in [3.8, 4) is 0 Å². The Hall–Kier alpha value is -0.540.